The second-order valence-electron chi connectivity index (χ2n) is 8.09. The summed E-state index contributed by atoms with van der Waals surface area (Å²) in [7, 11) is 1.52. The molecule has 2 aromatic carbocycles. The van der Waals surface area contributed by atoms with Gasteiger partial charge in [0, 0.05) is 11.6 Å². The summed E-state index contributed by atoms with van der Waals surface area (Å²) in [6.45, 7) is 6.13. The lowest BCUT2D eigenvalue weighted by atomic mass is 9.94. The minimum Gasteiger partial charge on any atom is -0.507 e. The lowest BCUT2D eigenvalue weighted by Gasteiger charge is -2.23. The average Bonchev–Trinajstić information content (AvgIpc) is 3.38. The smallest absolute Gasteiger partial charge is 0.301 e. The van der Waals surface area contributed by atoms with Gasteiger partial charge in [0.05, 0.1) is 25.3 Å². The van der Waals surface area contributed by atoms with Gasteiger partial charge in [-0.25, -0.2) is 0 Å². The van der Waals surface area contributed by atoms with Gasteiger partial charge < -0.3 is 19.1 Å². The molecule has 0 radical (unpaired) electrons. The highest BCUT2D eigenvalue weighted by Gasteiger charge is 2.48. The minimum absolute atomic E-state index is 0.0428. The minimum atomic E-state index is -0.945. The molecule has 2 heterocycles. The van der Waals surface area contributed by atoms with E-state index in [0.29, 0.717) is 35.0 Å². The van der Waals surface area contributed by atoms with Crippen molar-refractivity contribution >= 4 is 23.3 Å². The van der Waals surface area contributed by atoms with Crippen LogP contribution in [0.1, 0.15) is 41.8 Å². The second kappa shape index (κ2) is 9.43. The van der Waals surface area contributed by atoms with Crippen molar-refractivity contribution in [3.63, 3.8) is 0 Å². The third-order valence-electron chi connectivity index (χ3n) is 5.60. The zero-order valence-electron chi connectivity index (χ0n) is 19.5. The van der Waals surface area contributed by atoms with Crippen LogP contribution in [0.15, 0.2) is 58.6 Å². The summed E-state index contributed by atoms with van der Waals surface area (Å²) < 4.78 is 16.4. The van der Waals surface area contributed by atoms with E-state index in [0.717, 1.165) is 12.0 Å². The van der Waals surface area contributed by atoms with E-state index in [2.05, 4.69) is 5.16 Å². The van der Waals surface area contributed by atoms with Gasteiger partial charge in [-0.3, -0.25) is 14.5 Å². The number of hydrogen-bond donors (Lipinski definition) is 1. The Hall–Kier alpha value is -4.07. The molecule has 1 atom stereocenters. The Kier molecular flexibility index (Phi) is 6.40. The van der Waals surface area contributed by atoms with Crippen LogP contribution >= 0.6 is 0 Å². The van der Waals surface area contributed by atoms with Gasteiger partial charge >= 0.3 is 5.91 Å². The van der Waals surface area contributed by atoms with Crippen molar-refractivity contribution in [2.45, 2.75) is 33.2 Å². The van der Waals surface area contributed by atoms with E-state index in [-0.39, 0.29) is 17.2 Å². The number of Topliss-reactive ketones (excluding diaryl/α,β-unsaturated/α-hetero) is 1. The number of amides is 1. The summed E-state index contributed by atoms with van der Waals surface area (Å²) in [5.74, 6) is -0.237. The van der Waals surface area contributed by atoms with Crippen molar-refractivity contribution in [3.05, 3.63) is 76.6 Å². The predicted molar refractivity (Wildman–Crippen MR) is 126 cm³/mol. The maximum atomic E-state index is 13.2. The van der Waals surface area contributed by atoms with Crippen molar-refractivity contribution < 1.29 is 28.7 Å². The maximum Gasteiger partial charge on any atom is 0.301 e. The van der Waals surface area contributed by atoms with E-state index in [1.54, 1.807) is 43.3 Å². The summed E-state index contributed by atoms with van der Waals surface area (Å²) in [5, 5.41) is 15.1. The first-order valence-corrected chi connectivity index (χ1v) is 11.0. The summed E-state index contributed by atoms with van der Waals surface area (Å²) >= 11 is 0. The predicted octanol–water partition coefficient (Wildman–Crippen LogP) is 4.72. The van der Waals surface area contributed by atoms with Gasteiger partial charge in [0.2, 0.25) is 0 Å². The Bertz CT molecular complexity index is 1260. The number of anilines is 1. The first-order chi connectivity index (χ1) is 16.3. The third-order valence-corrected chi connectivity index (χ3v) is 5.60. The molecule has 0 unspecified atom stereocenters. The Balaban J connectivity index is 1.91. The van der Waals surface area contributed by atoms with Crippen molar-refractivity contribution in [1.29, 1.82) is 0 Å². The molecule has 1 aliphatic rings. The van der Waals surface area contributed by atoms with Crippen LogP contribution in [0.5, 0.6) is 11.5 Å². The first kappa shape index (κ1) is 23.1. The Morgan fingerprint density at radius 1 is 1.09 bits per heavy atom. The molecule has 34 heavy (non-hydrogen) atoms. The number of ether oxygens (including phenoxy) is 2. The molecule has 0 spiro atoms. The molecule has 8 heteroatoms. The number of rotatable bonds is 7. The van der Waals surface area contributed by atoms with E-state index < -0.39 is 17.7 Å². The zero-order chi connectivity index (χ0) is 24.4. The Morgan fingerprint density at radius 2 is 1.82 bits per heavy atom. The number of hydrogen-bond acceptors (Lipinski definition) is 7. The molecule has 1 aliphatic heterocycles. The summed E-state index contributed by atoms with van der Waals surface area (Å²) in [6.07, 6.45) is 0.827. The fourth-order valence-electron chi connectivity index (χ4n) is 3.90. The standard InChI is InChI=1S/C26H26N2O6/c1-5-12-33-19-11-10-18(14-20(19)32-4)23-22(24(29)17-8-6-15(2)7-9-17)25(30)26(31)28(23)21-13-16(3)34-27-21/h6-11,13-14,23,29H,5,12H2,1-4H3/t23-/m1/s1. The number of ketones is 1. The van der Waals surface area contributed by atoms with Crippen LogP contribution < -0.4 is 14.4 Å². The third kappa shape index (κ3) is 4.14. The molecule has 1 amide bonds. The number of aromatic nitrogens is 1. The highest BCUT2D eigenvalue weighted by Crippen LogP contribution is 2.44. The molecule has 3 aromatic rings. The number of carbonyl (C=O) groups is 2. The Labute approximate surface area is 197 Å². The van der Waals surface area contributed by atoms with E-state index in [1.165, 1.54) is 12.0 Å². The fourth-order valence-corrected chi connectivity index (χ4v) is 3.90. The molecular weight excluding hydrogens is 436 g/mol. The quantitative estimate of drug-likeness (QED) is 0.308. The molecule has 8 nitrogen and oxygen atoms in total. The molecule has 176 valence electrons. The van der Waals surface area contributed by atoms with Crippen molar-refractivity contribution in [3.8, 4) is 11.5 Å². The molecule has 1 fully saturated rings. The molecule has 0 saturated carbocycles. The molecule has 4 rings (SSSR count). The number of aliphatic hydroxyl groups is 1. The second-order valence-corrected chi connectivity index (χ2v) is 8.09. The van der Waals surface area contributed by atoms with Gasteiger partial charge in [0.15, 0.2) is 17.3 Å². The lowest BCUT2D eigenvalue weighted by molar-refractivity contribution is -0.132. The topological polar surface area (TPSA) is 102 Å². The van der Waals surface area contributed by atoms with Crippen LogP contribution in [0.2, 0.25) is 0 Å². The average molecular weight is 463 g/mol. The van der Waals surface area contributed by atoms with Crippen molar-refractivity contribution in [2.75, 3.05) is 18.6 Å². The van der Waals surface area contributed by atoms with Gasteiger partial charge in [-0.2, -0.15) is 0 Å². The highest BCUT2D eigenvalue weighted by molar-refractivity contribution is 6.51. The van der Waals surface area contributed by atoms with Crippen LogP contribution in [0, 0.1) is 13.8 Å². The van der Waals surface area contributed by atoms with Gasteiger partial charge in [-0.05, 0) is 38.0 Å². The first-order valence-electron chi connectivity index (χ1n) is 11.0. The molecule has 1 N–H and O–H groups in total. The number of aryl methyl sites for hydroxylation is 2. The summed E-state index contributed by atoms with van der Waals surface area (Å²) in [6, 6.07) is 12.9. The Morgan fingerprint density at radius 3 is 2.44 bits per heavy atom. The van der Waals surface area contributed by atoms with Crippen LogP contribution in [0.3, 0.4) is 0 Å². The van der Waals surface area contributed by atoms with Crippen LogP contribution in [-0.4, -0.2) is 35.7 Å². The normalized spacial score (nSPS) is 17.3. The van der Waals surface area contributed by atoms with Gasteiger partial charge in [0.1, 0.15) is 11.5 Å². The van der Waals surface area contributed by atoms with E-state index in [4.69, 9.17) is 14.0 Å². The molecule has 0 aliphatic carbocycles. The van der Waals surface area contributed by atoms with Crippen LogP contribution in [0.25, 0.3) is 5.76 Å². The van der Waals surface area contributed by atoms with E-state index in [1.807, 2.05) is 26.0 Å². The zero-order valence-corrected chi connectivity index (χ0v) is 19.5. The molecule has 1 saturated heterocycles. The number of aliphatic hydroxyl groups excluding tert-OH is 1. The SMILES string of the molecule is CCCOc1ccc([C@@H]2C(=C(O)c3ccc(C)cc3)C(=O)C(=O)N2c2cc(C)on2)cc1OC. The maximum absolute atomic E-state index is 13.2. The number of nitrogens with zero attached hydrogens (tertiary/aromatic N) is 2. The van der Waals surface area contributed by atoms with Crippen molar-refractivity contribution in [1.82, 2.24) is 5.16 Å². The summed E-state index contributed by atoms with van der Waals surface area (Å²) in [4.78, 5) is 27.6. The fraction of sp³-hybridized carbons (Fsp3) is 0.269. The highest BCUT2D eigenvalue weighted by atomic mass is 16.5. The van der Waals surface area contributed by atoms with E-state index >= 15 is 0 Å². The van der Waals surface area contributed by atoms with Gasteiger partial charge in [-0.15, -0.1) is 0 Å². The van der Waals surface area contributed by atoms with Crippen LogP contribution in [-0.2, 0) is 9.59 Å². The van der Waals surface area contributed by atoms with Gasteiger partial charge in [0.25, 0.3) is 5.78 Å². The van der Waals surface area contributed by atoms with Gasteiger partial charge in [-0.1, -0.05) is 48.0 Å². The molecular formula is C26H26N2O6. The monoisotopic (exact) mass is 462 g/mol. The van der Waals surface area contributed by atoms with E-state index in [9.17, 15) is 14.7 Å². The summed E-state index contributed by atoms with van der Waals surface area (Å²) in [5.41, 5.74) is 1.94. The number of methoxy groups -OCH3 is 1. The number of carbonyl (C=O) groups excluding carboxylic acids is 2. The molecule has 0 bridgehead atoms. The van der Waals surface area contributed by atoms with Crippen molar-refractivity contribution in [2.24, 2.45) is 0 Å². The lowest BCUT2D eigenvalue weighted by Crippen LogP contribution is -2.29. The van der Waals surface area contributed by atoms with Crippen LogP contribution in [0.4, 0.5) is 5.82 Å². The largest absolute Gasteiger partial charge is 0.507 e. The molecule has 1 aromatic heterocycles. The number of benzene rings is 2.